The van der Waals surface area contributed by atoms with E-state index in [0.29, 0.717) is 0 Å². The molecule has 50 valence electrons. The highest BCUT2D eigenvalue weighted by molar-refractivity contribution is 5.00. The largest absolute Gasteiger partial charge is 0.374 e. The van der Waals surface area contributed by atoms with Gasteiger partial charge in [0.1, 0.15) is 0 Å². The van der Waals surface area contributed by atoms with E-state index in [9.17, 15) is 0 Å². The molecule has 9 heavy (non-hydrogen) atoms. The molecule has 0 radical (unpaired) electrons. The summed E-state index contributed by atoms with van der Waals surface area (Å²) in [6.07, 6.45) is 4.38. The van der Waals surface area contributed by atoms with E-state index >= 15 is 0 Å². The lowest BCUT2D eigenvalue weighted by Gasteiger charge is -1.88. The Morgan fingerprint density at radius 2 is 2.44 bits per heavy atom. The lowest BCUT2D eigenvalue weighted by atomic mass is 10.3. The summed E-state index contributed by atoms with van der Waals surface area (Å²) in [6, 6.07) is 1.69. The van der Waals surface area contributed by atoms with Crippen molar-refractivity contribution < 1.29 is 5.11 Å². The van der Waals surface area contributed by atoms with Crippen LogP contribution in [-0.4, -0.2) is 11.2 Å². The molecule has 1 N–H and O–H groups in total. The second kappa shape index (κ2) is 5.33. The summed E-state index contributed by atoms with van der Waals surface area (Å²) < 4.78 is 0. The summed E-state index contributed by atoms with van der Waals surface area (Å²) in [5, 5.41) is 16.7. The van der Waals surface area contributed by atoms with Crippen molar-refractivity contribution in [1.82, 2.24) is 0 Å². The fourth-order valence-corrected chi connectivity index (χ4v) is 0.435. The smallest absolute Gasteiger partial charge is 0.159 e. The molecule has 0 heterocycles. The van der Waals surface area contributed by atoms with Gasteiger partial charge in [-0.05, 0) is 12.5 Å². The maximum Gasteiger partial charge on any atom is 0.159 e. The number of aliphatic hydroxyl groups excluding tert-OH is 1. The number of nitriles is 1. The average molecular weight is 125 g/mol. The maximum absolute atomic E-state index is 8.64. The van der Waals surface area contributed by atoms with Crippen molar-refractivity contribution in [3.63, 3.8) is 0 Å². The van der Waals surface area contributed by atoms with E-state index in [1.54, 1.807) is 6.07 Å². The van der Waals surface area contributed by atoms with Gasteiger partial charge in [0.25, 0.3) is 0 Å². The van der Waals surface area contributed by atoms with Crippen LogP contribution in [-0.2, 0) is 0 Å². The molecule has 0 bridgehead atoms. The van der Waals surface area contributed by atoms with Gasteiger partial charge in [0.05, 0.1) is 6.07 Å². The van der Waals surface area contributed by atoms with Crippen molar-refractivity contribution in [2.45, 2.75) is 25.9 Å². The molecule has 0 aliphatic rings. The molecular weight excluding hydrogens is 114 g/mol. The highest BCUT2D eigenvalue weighted by Crippen LogP contribution is 1.90. The van der Waals surface area contributed by atoms with Crippen LogP contribution < -0.4 is 0 Å². The van der Waals surface area contributed by atoms with E-state index < -0.39 is 6.10 Å². The minimum atomic E-state index is -0.920. The zero-order valence-corrected chi connectivity index (χ0v) is 5.54. The zero-order chi connectivity index (χ0) is 7.11. The Labute approximate surface area is 55.4 Å². The molecule has 2 nitrogen and oxygen atoms in total. The fraction of sp³-hybridized carbons (Fsp3) is 0.571. The van der Waals surface area contributed by atoms with Gasteiger partial charge in [-0.1, -0.05) is 19.4 Å². The quantitative estimate of drug-likeness (QED) is 0.455. The molecule has 2 heteroatoms. The molecule has 0 saturated carbocycles. The van der Waals surface area contributed by atoms with Gasteiger partial charge < -0.3 is 5.11 Å². The molecule has 0 aromatic rings. The number of unbranched alkanes of at least 4 members (excludes halogenated alkanes) is 1. The van der Waals surface area contributed by atoms with Crippen LogP contribution in [0.15, 0.2) is 12.2 Å². The van der Waals surface area contributed by atoms with Gasteiger partial charge in [0.15, 0.2) is 6.10 Å². The standard InChI is InChI=1S/C7H11NO/c1-2-3-4-5-7(9)6-8/h4-5,7,9H,2-3H2,1H3/b5-4+. The van der Waals surface area contributed by atoms with Crippen molar-refractivity contribution in [3.05, 3.63) is 12.2 Å². The van der Waals surface area contributed by atoms with Gasteiger partial charge in [-0.15, -0.1) is 0 Å². The number of aliphatic hydroxyl groups is 1. The second-order valence-electron chi connectivity index (χ2n) is 1.79. The molecule has 0 fully saturated rings. The first kappa shape index (κ1) is 8.19. The molecule has 0 amide bonds. The number of allylic oxidation sites excluding steroid dienone is 1. The summed E-state index contributed by atoms with van der Waals surface area (Å²) >= 11 is 0. The van der Waals surface area contributed by atoms with Gasteiger partial charge in [-0.25, -0.2) is 0 Å². The third-order valence-corrected chi connectivity index (χ3v) is 0.906. The summed E-state index contributed by atoms with van der Waals surface area (Å²) in [6.45, 7) is 2.04. The van der Waals surface area contributed by atoms with E-state index in [1.807, 2.05) is 13.0 Å². The Morgan fingerprint density at radius 1 is 1.78 bits per heavy atom. The average Bonchev–Trinajstić information content (AvgIpc) is 1.89. The molecule has 0 saturated heterocycles. The summed E-state index contributed by atoms with van der Waals surface area (Å²) in [4.78, 5) is 0. The Hall–Kier alpha value is -0.810. The van der Waals surface area contributed by atoms with Crippen LogP contribution in [0, 0.1) is 11.3 Å². The first-order valence-electron chi connectivity index (χ1n) is 3.05. The van der Waals surface area contributed by atoms with E-state index in [4.69, 9.17) is 10.4 Å². The van der Waals surface area contributed by atoms with Crippen molar-refractivity contribution in [3.8, 4) is 6.07 Å². The molecule has 1 unspecified atom stereocenters. The van der Waals surface area contributed by atoms with Crippen LogP contribution in [0.5, 0.6) is 0 Å². The highest BCUT2D eigenvalue weighted by atomic mass is 16.3. The number of hydrogen-bond acceptors (Lipinski definition) is 2. The topological polar surface area (TPSA) is 44.0 Å². The lowest BCUT2D eigenvalue weighted by molar-refractivity contribution is 0.278. The van der Waals surface area contributed by atoms with E-state index in [-0.39, 0.29) is 0 Å². The van der Waals surface area contributed by atoms with E-state index in [0.717, 1.165) is 12.8 Å². The highest BCUT2D eigenvalue weighted by Gasteiger charge is 1.89. The van der Waals surface area contributed by atoms with Crippen LogP contribution in [0.25, 0.3) is 0 Å². The molecule has 0 aliphatic carbocycles. The summed E-state index contributed by atoms with van der Waals surface area (Å²) in [5.41, 5.74) is 0. The molecule has 0 aliphatic heterocycles. The van der Waals surface area contributed by atoms with Gasteiger partial charge in [0, 0.05) is 0 Å². The number of nitrogens with zero attached hydrogens (tertiary/aromatic N) is 1. The van der Waals surface area contributed by atoms with Gasteiger partial charge in [-0.3, -0.25) is 0 Å². The molecular formula is C7H11NO. The van der Waals surface area contributed by atoms with Crippen LogP contribution in [0.1, 0.15) is 19.8 Å². The first-order valence-corrected chi connectivity index (χ1v) is 3.05. The SMILES string of the molecule is CCC/C=C/C(O)C#N. The number of rotatable bonds is 3. The summed E-state index contributed by atoms with van der Waals surface area (Å²) in [7, 11) is 0. The van der Waals surface area contributed by atoms with Crippen molar-refractivity contribution in [1.29, 1.82) is 5.26 Å². The molecule has 0 aromatic carbocycles. The normalized spacial score (nSPS) is 13.4. The molecule has 0 aromatic heterocycles. The Kier molecular flexibility index (Phi) is 4.85. The zero-order valence-electron chi connectivity index (χ0n) is 5.54. The predicted octanol–water partition coefficient (Wildman–Crippen LogP) is 1.23. The third-order valence-electron chi connectivity index (χ3n) is 0.906. The Bertz CT molecular complexity index is 123. The van der Waals surface area contributed by atoms with Crippen LogP contribution in [0.4, 0.5) is 0 Å². The molecule has 1 atom stereocenters. The van der Waals surface area contributed by atoms with E-state index in [2.05, 4.69) is 0 Å². The van der Waals surface area contributed by atoms with E-state index in [1.165, 1.54) is 6.08 Å². The monoisotopic (exact) mass is 125 g/mol. The first-order chi connectivity index (χ1) is 4.31. The van der Waals surface area contributed by atoms with Gasteiger partial charge in [0.2, 0.25) is 0 Å². The molecule has 0 rings (SSSR count). The Balaban J connectivity index is 3.35. The fourth-order valence-electron chi connectivity index (χ4n) is 0.435. The van der Waals surface area contributed by atoms with Crippen molar-refractivity contribution >= 4 is 0 Å². The Morgan fingerprint density at radius 3 is 2.89 bits per heavy atom. The van der Waals surface area contributed by atoms with Crippen LogP contribution >= 0.6 is 0 Å². The van der Waals surface area contributed by atoms with Gasteiger partial charge >= 0.3 is 0 Å². The van der Waals surface area contributed by atoms with Crippen molar-refractivity contribution in [2.75, 3.05) is 0 Å². The lowest BCUT2D eigenvalue weighted by Crippen LogP contribution is -1.94. The predicted molar refractivity (Wildman–Crippen MR) is 35.7 cm³/mol. The second-order valence-corrected chi connectivity index (χ2v) is 1.79. The summed E-state index contributed by atoms with van der Waals surface area (Å²) in [5.74, 6) is 0. The third kappa shape index (κ3) is 5.05. The maximum atomic E-state index is 8.64. The van der Waals surface area contributed by atoms with Crippen LogP contribution in [0.3, 0.4) is 0 Å². The number of hydrogen-bond donors (Lipinski definition) is 1. The minimum absolute atomic E-state index is 0.920. The minimum Gasteiger partial charge on any atom is -0.374 e. The van der Waals surface area contributed by atoms with Crippen molar-refractivity contribution in [2.24, 2.45) is 0 Å². The molecule has 0 spiro atoms. The van der Waals surface area contributed by atoms with Gasteiger partial charge in [-0.2, -0.15) is 5.26 Å². The van der Waals surface area contributed by atoms with Crippen LogP contribution in [0.2, 0.25) is 0 Å².